The van der Waals surface area contributed by atoms with Crippen LogP contribution in [0.3, 0.4) is 0 Å². The standard InChI is InChI=1S/C12H6F4N4O4/c13-8-2-1-7(3-6(8)4-17)19-5-9(20(23)24)11(18-19,10(21)22)12(14,15)16/h1-3,5,18H,(H,21,22). The number of hydrogen-bond acceptors (Lipinski definition) is 6. The number of carboxylic acid groups (broad SMARTS) is 1. The average Bonchev–Trinajstić information content (AvgIpc) is 2.89. The first-order chi connectivity index (χ1) is 11.0. The number of carboxylic acids is 1. The number of alkyl halides is 3. The van der Waals surface area contributed by atoms with Crippen LogP contribution in [0.25, 0.3) is 0 Å². The summed E-state index contributed by atoms with van der Waals surface area (Å²) in [4.78, 5) is 20.6. The maximum atomic E-state index is 13.3. The van der Waals surface area contributed by atoms with Crippen molar-refractivity contribution in [3.05, 3.63) is 51.6 Å². The van der Waals surface area contributed by atoms with E-state index in [4.69, 9.17) is 10.4 Å². The van der Waals surface area contributed by atoms with Crippen LogP contribution < -0.4 is 10.4 Å². The molecule has 0 bridgehead atoms. The second kappa shape index (κ2) is 5.46. The molecular weight excluding hydrogens is 340 g/mol. The molecule has 12 heteroatoms. The molecule has 1 atom stereocenters. The van der Waals surface area contributed by atoms with E-state index >= 15 is 0 Å². The Morgan fingerprint density at radius 2 is 2.08 bits per heavy atom. The van der Waals surface area contributed by atoms with Gasteiger partial charge in [-0.15, -0.1) is 0 Å². The van der Waals surface area contributed by atoms with Crippen LogP contribution in [0.1, 0.15) is 5.56 Å². The summed E-state index contributed by atoms with van der Waals surface area (Å²) < 4.78 is 53.0. The lowest BCUT2D eigenvalue weighted by atomic mass is 9.97. The highest BCUT2D eigenvalue weighted by Gasteiger charge is 2.72. The maximum Gasteiger partial charge on any atom is 0.429 e. The molecule has 2 rings (SSSR count). The molecule has 0 saturated heterocycles. The lowest BCUT2D eigenvalue weighted by Gasteiger charge is -2.28. The molecule has 1 aliphatic rings. The number of hydrazine groups is 1. The van der Waals surface area contributed by atoms with Gasteiger partial charge in [0, 0.05) is 0 Å². The Bertz CT molecular complexity index is 801. The van der Waals surface area contributed by atoms with Crippen LogP contribution in [0.5, 0.6) is 0 Å². The summed E-state index contributed by atoms with van der Waals surface area (Å²) in [5.74, 6) is -3.50. The Morgan fingerprint density at radius 3 is 2.50 bits per heavy atom. The average molecular weight is 346 g/mol. The number of rotatable bonds is 3. The summed E-state index contributed by atoms with van der Waals surface area (Å²) in [5.41, 5.74) is -4.99. The molecule has 0 aromatic heterocycles. The number of nitriles is 1. The van der Waals surface area contributed by atoms with Crippen molar-refractivity contribution in [2.24, 2.45) is 0 Å². The summed E-state index contributed by atoms with van der Waals surface area (Å²) in [7, 11) is 0. The number of nitrogens with zero attached hydrogens (tertiary/aromatic N) is 3. The highest BCUT2D eigenvalue weighted by Crippen LogP contribution is 2.41. The minimum Gasteiger partial charge on any atom is -0.479 e. The van der Waals surface area contributed by atoms with Crippen LogP contribution in [0.2, 0.25) is 0 Å². The molecule has 24 heavy (non-hydrogen) atoms. The van der Waals surface area contributed by atoms with E-state index in [-0.39, 0.29) is 5.69 Å². The van der Waals surface area contributed by atoms with Crippen molar-refractivity contribution in [1.29, 1.82) is 5.26 Å². The number of benzene rings is 1. The first-order valence-corrected chi connectivity index (χ1v) is 5.98. The molecule has 1 aromatic carbocycles. The molecule has 1 aliphatic heterocycles. The minimum absolute atomic E-state index is 0.292. The largest absolute Gasteiger partial charge is 0.479 e. The molecule has 1 unspecified atom stereocenters. The van der Waals surface area contributed by atoms with Crippen LogP contribution in [0.15, 0.2) is 30.1 Å². The number of nitrogens with one attached hydrogen (secondary N) is 1. The van der Waals surface area contributed by atoms with E-state index in [1.54, 1.807) is 0 Å². The van der Waals surface area contributed by atoms with E-state index in [1.807, 2.05) is 0 Å². The van der Waals surface area contributed by atoms with E-state index < -0.39 is 39.7 Å². The van der Waals surface area contributed by atoms with Gasteiger partial charge in [-0.2, -0.15) is 23.9 Å². The van der Waals surface area contributed by atoms with Crippen LogP contribution in [-0.2, 0) is 4.79 Å². The Kier molecular flexibility index (Phi) is 3.90. The third-order valence-corrected chi connectivity index (χ3v) is 3.22. The predicted octanol–water partition coefficient (Wildman–Crippen LogP) is 1.53. The lowest BCUT2D eigenvalue weighted by Crippen LogP contribution is -2.64. The predicted molar refractivity (Wildman–Crippen MR) is 68.2 cm³/mol. The summed E-state index contributed by atoms with van der Waals surface area (Å²) >= 11 is 0. The summed E-state index contributed by atoms with van der Waals surface area (Å²) in [5, 5.41) is 29.0. The van der Waals surface area contributed by atoms with E-state index in [0.29, 0.717) is 11.2 Å². The molecule has 0 spiro atoms. The van der Waals surface area contributed by atoms with Crippen molar-refractivity contribution >= 4 is 11.7 Å². The van der Waals surface area contributed by atoms with Crippen molar-refractivity contribution in [3.8, 4) is 6.07 Å². The van der Waals surface area contributed by atoms with E-state index in [0.717, 1.165) is 18.2 Å². The van der Waals surface area contributed by atoms with Crippen LogP contribution in [-0.4, -0.2) is 27.7 Å². The van der Waals surface area contributed by atoms with Crippen LogP contribution in [0, 0.1) is 27.3 Å². The fraction of sp³-hybridized carbons (Fsp3) is 0.167. The maximum absolute atomic E-state index is 13.3. The molecule has 8 nitrogen and oxygen atoms in total. The Balaban J connectivity index is 2.60. The summed E-state index contributed by atoms with van der Waals surface area (Å²) in [6, 6.07) is 3.93. The monoisotopic (exact) mass is 346 g/mol. The number of aliphatic carboxylic acids is 1. The van der Waals surface area contributed by atoms with Gasteiger partial charge in [0.2, 0.25) is 0 Å². The quantitative estimate of drug-likeness (QED) is 0.484. The van der Waals surface area contributed by atoms with Gasteiger partial charge in [0.05, 0.1) is 22.4 Å². The van der Waals surface area contributed by atoms with Gasteiger partial charge in [-0.3, -0.25) is 15.1 Å². The Morgan fingerprint density at radius 1 is 1.46 bits per heavy atom. The van der Waals surface area contributed by atoms with Crippen LogP contribution in [0.4, 0.5) is 23.2 Å². The van der Waals surface area contributed by atoms with E-state index in [2.05, 4.69) is 0 Å². The van der Waals surface area contributed by atoms with Gasteiger partial charge in [0.15, 0.2) is 0 Å². The fourth-order valence-electron chi connectivity index (χ4n) is 2.05. The third kappa shape index (κ3) is 2.40. The van der Waals surface area contributed by atoms with Gasteiger partial charge in [0.25, 0.3) is 0 Å². The first-order valence-electron chi connectivity index (χ1n) is 5.98. The number of nitro groups is 1. The molecule has 0 amide bonds. The highest BCUT2D eigenvalue weighted by molar-refractivity contribution is 5.85. The number of anilines is 1. The second-order valence-electron chi connectivity index (χ2n) is 4.58. The van der Waals surface area contributed by atoms with Crippen molar-refractivity contribution in [2.45, 2.75) is 11.7 Å². The molecule has 1 aromatic rings. The normalized spacial score (nSPS) is 20.5. The fourth-order valence-corrected chi connectivity index (χ4v) is 2.05. The molecular formula is C12H6F4N4O4. The van der Waals surface area contributed by atoms with Gasteiger partial charge in [0.1, 0.15) is 11.9 Å². The lowest BCUT2D eigenvalue weighted by molar-refractivity contribution is -0.441. The molecule has 126 valence electrons. The van der Waals surface area contributed by atoms with Gasteiger partial charge in [-0.1, -0.05) is 0 Å². The zero-order valence-electron chi connectivity index (χ0n) is 11.3. The smallest absolute Gasteiger partial charge is 0.429 e. The van der Waals surface area contributed by atoms with Gasteiger partial charge < -0.3 is 5.11 Å². The summed E-state index contributed by atoms with van der Waals surface area (Å²) in [6.45, 7) is 0. The number of halogens is 4. The second-order valence-corrected chi connectivity index (χ2v) is 4.58. The molecule has 1 heterocycles. The molecule has 2 N–H and O–H groups in total. The van der Waals surface area contributed by atoms with Crippen LogP contribution >= 0.6 is 0 Å². The number of carbonyl (C=O) groups is 1. The summed E-state index contributed by atoms with van der Waals surface area (Å²) in [6.07, 6.45) is -5.24. The molecule has 0 aliphatic carbocycles. The van der Waals surface area contributed by atoms with Crippen molar-refractivity contribution in [3.63, 3.8) is 0 Å². The zero-order valence-corrected chi connectivity index (χ0v) is 11.3. The molecule has 0 fully saturated rings. The highest BCUT2D eigenvalue weighted by atomic mass is 19.4. The van der Waals surface area contributed by atoms with Gasteiger partial charge in [-0.05, 0) is 18.2 Å². The number of hydrogen-bond donors (Lipinski definition) is 2. The van der Waals surface area contributed by atoms with Crippen molar-refractivity contribution < 1.29 is 32.4 Å². The van der Waals surface area contributed by atoms with Crippen molar-refractivity contribution in [2.75, 3.05) is 5.01 Å². The topological polar surface area (TPSA) is 120 Å². The van der Waals surface area contributed by atoms with Crippen molar-refractivity contribution in [1.82, 2.24) is 5.43 Å². The van der Waals surface area contributed by atoms with Gasteiger partial charge >= 0.3 is 23.4 Å². The van der Waals surface area contributed by atoms with E-state index in [1.165, 1.54) is 11.5 Å². The van der Waals surface area contributed by atoms with E-state index in [9.17, 15) is 32.5 Å². The Labute approximate surface area is 130 Å². The van der Waals surface area contributed by atoms with Gasteiger partial charge in [-0.25, -0.2) is 9.18 Å². The third-order valence-electron chi connectivity index (χ3n) is 3.22. The molecule has 0 saturated carbocycles. The minimum atomic E-state index is -5.55. The Hall–Kier alpha value is -3.20. The zero-order chi connectivity index (χ0) is 18.3. The molecule has 0 radical (unpaired) electrons. The first kappa shape index (κ1) is 17.2. The SMILES string of the molecule is N#Cc1cc(N2C=C([N+](=O)[O-])C(C(=O)O)(C(F)(F)F)N2)ccc1F.